The number of halogens is 3. The first-order chi connectivity index (χ1) is 68.9. The number of amides is 1. The van der Waals surface area contributed by atoms with Gasteiger partial charge in [-0.25, -0.2) is 74.6 Å². The van der Waals surface area contributed by atoms with E-state index >= 15 is 0 Å². The molecule has 2 aliphatic rings. The number of carbonyl (C=O) groups excluding carboxylic acids is 1. The highest BCUT2D eigenvalue weighted by Gasteiger charge is 2.37. The molecule has 0 aliphatic heterocycles. The van der Waals surface area contributed by atoms with Gasteiger partial charge in [0.15, 0.2) is 20.8 Å². The van der Waals surface area contributed by atoms with Crippen molar-refractivity contribution in [3.8, 4) is 249 Å². The fraction of sp³-hybridized carbons (Fsp3) is 0.248. The SMILES string of the molecule is C.C#CC#CC#CC#CC#CC.C#CC#CC#CC#CC#CC#CC.CC#CC#CC#CC#CC#CC.COc1nc(Br)cnc1-n1cnc(C)c1.COc1nc(Br)cnc1I.COc1nc(C#N)cnc1-n1cnc(C)c1.COc1nc(C(=O)NCC2(c3ccccc3)CCCC2)cnc1-n1cnc(C)c1.COc1nc(C(=O)O)cnc1-n1cnc(C)c1.Cc1cnc[nH]1.NCC1(c2ccccc2)CCCC1. The van der Waals surface area contributed by atoms with Crippen molar-refractivity contribution in [1.82, 2.24) is 103 Å². The molecule has 12 aromatic rings. The zero-order chi connectivity index (χ0) is 103. The van der Waals surface area contributed by atoms with Gasteiger partial charge in [0.25, 0.3) is 29.4 Å². The lowest BCUT2D eigenvalue weighted by Crippen LogP contribution is -2.39. The molecule has 5 N–H and O–H groups in total. The van der Waals surface area contributed by atoms with Crippen molar-refractivity contribution in [1.29, 1.82) is 5.26 Å². The van der Waals surface area contributed by atoms with Crippen LogP contribution >= 0.6 is 54.5 Å². The van der Waals surface area contributed by atoms with E-state index in [4.69, 9.17) is 52.6 Å². The number of nitriles is 1. The lowest BCUT2D eigenvalue weighted by molar-refractivity contribution is 0.0688. The van der Waals surface area contributed by atoms with Crippen molar-refractivity contribution in [3.05, 3.63) is 224 Å². The molecule has 0 atom stereocenters. The summed E-state index contributed by atoms with van der Waals surface area (Å²) >= 11 is 8.47. The van der Waals surface area contributed by atoms with E-state index in [2.05, 4.69) is 372 Å². The summed E-state index contributed by atoms with van der Waals surface area (Å²) in [5.74, 6) is 76.8. The van der Waals surface area contributed by atoms with E-state index < -0.39 is 5.97 Å². The molecule has 0 unspecified atom stereocenters. The summed E-state index contributed by atoms with van der Waals surface area (Å²) < 4.78 is 34.4. The summed E-state index contributed by atoms with van der Waals surface area (Å²) in [6, 6.07) is 23.1. The molecule has 10 aromatic heterocycles. The Morgan fingerprint density at radius 2 is 0.769 bits per heavy atom. The third kappa shape index (κ3) is 42.6. The third-order valence-electron chi connectivity index (χ3n) is 18.4. The van der Waals surface area contributed by atoms with Crippen molar-refractivity contribution >= 4 is 66.3 Å². The first kappa shape index (κ1) is 117. The van der Waals surface area contributed by atoms with Crippen LogP contribution in [0.4, 0.5) is 0 Å². The molecule has 34 heteroatoms. The number of rotatable bonds is 16. The first-order valence-corrected chi connectivity index (χ1v) is 44.9. The number of methoxy groups -OCH3 is 5. The normalized spacial score (nSPS) is 10.3. The minimum Gasteiger partial charge on any atom is -0.479 e. The maximum Gasteiger partial charge on any atom is 0.356 e. The second kappa shape index (κ2) is 68.0. The molecule has 718 valence electrons. The molecule has 0 bridgehead atoms. The summed E-state index contributed by atoms with van der Waals surface area (Å²) in [5, 5.41) is 20.6. The fourth-order valence-electron chi connectivity index (χ4n) is 12.0. The maximum atomic E-state index is 12.8. The van der Waals surface area contributed by atoms with Gasteiger partial charge in [-0.15, -0.1) is 12.8 Å². The molecule has 10 heterocycles. The number of carboxylic acid groups (broad SMARTS) is 1. The number of aryl methyl sites for hydroxylation is 5. The molecule has 2 aromatic carbocycles. The maximum absolute atomic E-state index is 12.8. The first-order valence-electron chi connectivity index (χ1n) is 42.2. The van der Waals surface area contributed by atoms with E-state index in [-0.39, 0.29) is 47.6 Å². The lowest BCUT2D eigenvalue weighted by Gasteiger charge is -2.30. The summed E-state index contributed by atoms with van der Waals surface area (Å²) in [7, 11) is 7.53. The van der Waals surface area contributed by atoms with Gasteiger partial charge >= 0.3 is 5.97 Å². The van der Waals surface area contributed by atoms with Gasteiger partial charge in [-0.1, -0.05) is 117 Å². The van der Waals surface area contributed by atoms with Crippen LogP contribution in [0.2, 0.25) is 0 Å². The minimum atomic E-state index is -1.15. The Hall–Kier alpha value is -18.1. The second-order valence-corrected chi connectivity index (χ2v) is 30.7. The van der Waals surface area contributed by atoms with Crippen LogP contribution in [0, 0.1) is 240 Å². The molecular formula is C109H98Br2IN23O8. The number of benzene rings is 2. The van der Waals surface area contributed by atoms with E-state index in [1.807, 2.05) is 59.1 Å². The predicted molar refractivity (Wildman–Crippen MR) is 564 cm³/mol. The summed E-state index contributed by atoms with van der Waals surface area (Å²) in [6.07, 6.45) is 43.9. The molecule has 0 saturated heterocycles. The molecule has 143 heavy (non-hydrogen) atoms. The number of ether oxygens (including phenoxy) is 5. The van der Waals surface area contributed by atoms with E-state index in [0.717, 1.165) is 51.6 Å². The number of aromatic nitrogens is 20. The number of H-pyrrole nitrogens is 1. The van der Waals surface area contributed by atoms with Gasteiger partial charge < -0.3 is 44.8 Å². The van der Waals surface area contributed by atoms with Crippen LogP contribution < -0.4 is 34.7 Å². The third-order valence-corrected chi connectivity index (χ3v) is 19.9. The van der Waals surface area contributed by atoms with Crippen LogP contribution in [0.1, 0.15) is 153 Å². The van der Waals surface area contributed by atoms with Crippen LogP contribution in [-0.2, 0) is 10.8 Å². The number of nitrogens with zero attached hydrogens (tertiary/aromatic N) is 20. The van der Waals surface area contributed by atoms with E-state index in [9.17, 15) is 9.59 Å². The number of nitrogens with one attached hydrogen (secondary N) is 2. The minimum absolute atomic E-state index is 0. The number of aromatic amines is 1. The predicted octanol–water partition coefficient (Wildman–Crippen LogP) is 14.5. The van der Waals surface area contributed by atoms with Gasteiger partial charge in [-0.3, -0.25) is 23.1 Å². The Bertz CT molecular complexity index is 7320. The Morgan fingerprint density at radius 1 is 0.448 bits per heavy atom. The largest absolute Gasteiger partial charge is 0.479 e. The standard InChI is InChI=1S/C22H25N5O2.C13H4.C12H17N.C12H6.C11H4.C10H9N5O.C10H10N4O3.C9H9BrN4O.C5H4BrIN2O.C4H6N2.CH4/c1-16-13-27(15-25-16)19-21(29-2)26-18(12-23-19)20(28)24-14-22(10-6-7-11-22)17-8-4-3-5-9-17;1-3-5-7-9-11-13-12-10-8-6-4-2;13-10-12(8-4-5-9-12)11-6-2-1-3-7-11;1-3-5-7-9-11-12-10-8-6-4-2;1-3-5-7-9-11-10-8-6-4-2;1-7-5-15(6-13-7)9-10(16-2)14-8(3-11)4-12-9;1-6-4-14(5-12-6)8-9(17-2)13-7(3-11-8)10(15)16;1-6-4-14(5-12-6)8-9(15-2)13-7(10)3-11-8;1-10-5-4(7)8-2-3(6)9-5;1-4-2-5-3-6-4;/h3-5,8-9,12-13,15H,6-7,10-11,14H2,1-2H3,(H,24,28);1H,2H3;1-3,6-7H,4-5,8-10,13H2;1-2H3;1H,2H3;4-6H,1-2H3;3-5H,1-2H3,(H,15,16);3-5H,1-2H3;2H,1H3;2-3H,1H3,(H,5,6);1H4. The van der Waals surface area contributed by atoms with Crippen LogP contribution in [0.3, 0.4) is 0 Å². The van der Waals surface area contributed by atoms with Crippen molar-refractivity contribution in [2.75, 3.05) is 48.6 Å². The van der Waals surface area contributed by atoms with E-state index in [1.54, 1.807) is 123 Å². The highest BCUT2D eigenvalue weighted by molar-refractivity contribution is 14.1. The van der Waals surface area contributed by atoms with Crippen LogP contribution in [0.15, 0.2) is 163 Å². The van der Waals surface area contributed by atoms with Crippen molar-refractivity contribution < 1.29 is 38.4 Å². The van der Waals surface area contributed by atoms with Gasteiger partial charge in [-0.05, 0) is 308 Å². The molecule has 31 nitrogen and oxygen atoms in total. The Balaban J connectivity index is 0.000000339. The number of hydrogen-bond donors (Lipinski definition) is 4. The van der Waals surface area contributed by atoms with Crippen molar-refractivity contribution in [2.24, 2.45) is 5.73 Å². The molecule has 1 amide bonds. The Kier molecular flexibility index (Phi) is 55.8. The number of imidazole rings is 5. The van der Waals surface area contributed by atoms with Gasteiger partial charge in [0, 0.05) is 60.6 Å². The number of aromatic carboxylic acids is 1. The average Bonchev–Trinajstić information content (AvgIpc) is 1.51. The number of nitrogens with two attached hydrogens (primary N) is 1. The molecule has 0 radical (unpaired) electrons. The molecule has 2 fully saturated rings. The van der Waals surface area contributed by atoms with Crippen molar-refractivity contribution in [3.63, 3.8) is 0 Å². The summed E-state index contributed by atoms with van der Waals surface area (Å²) in [4.78, 5) is 87.8. The van der Waals surface area contributed by atoms with Gasteiger partial charge in [-0.2, -0.15) is 10.2 Å². The number of carbonyl (C=O) groups is 2. The zero-order valence-electron chi connectivity index (χ0n) is 80.1. The smallest absolute Gasteiger partial charge is 0.356 e. The van der Waals surface area contributed by atoms with Crippen molar-refractivity contribution in [2.45, 2.75) is 132 Å². The average molecular weight is 2140 g/mol. The molecule has 0 spiro atoms. The van der Waals surface area contributed by atoms with E-state index in [0.29, 0.717) is 62.1 Å². The summed E-state index contributed by atoms with van der Waals surface area (Å²) in [5.41, 5.74) is 13.8. The molecule has 14 rings (SSSR count). The Labute approximate surface area is 866 Å². The van der Waals surface area contributed by atoms with Gasteiger partial charge in [0.1, 0.15) is 40.6 Å². The zero-order valence-corrected chi connectivity index (χ0v) is 85.4. The quantitative estimate of drug-likeness (QED) is 0.0515. The molecule has 2 saturated carbocycles. The fourth-order valence-corrected chi connectivity index (χ4v) is 13.0. The molecular weight excluding hydrogens is 2050 g/mol. The number of terminal acetylenes is 2. The van der Waals surface area contributed by atoms with E-state index in [1.165, 1.54) is 89.6 Å². The number of hydrogen-bond acceptors (Lipinski definition) is 24. The lowest BCUT2D eigenvalue weighted by atomic mass is 9.79. The highest BCUT2D eigenvalue weighted by Crippen LogP contribution is 2.42. The highest BCUT2D eigenvalue weighted by atomic mass is 127. The topological polar surface area (TPSA) is 391 Å². The summed E-state index contributed by atoms with van der Waals surface area (Å²) in [6.45, 7) is 17.7. The monoisotopic (exact) mass is 2140 g/mol. The van der Waals surface area contributed by atoms with Crippen LogP contribution in [0.5, 0.6) is 29.4 Å². The van der Waals surface area contributed by atoms with Crippen LogP contribution in [0.25, 0.3) is 23.3 Å². The van der Waals surface area contributed by atoms with Gasteiger partial charge in [0.2, 0.25) is 29.2 Å². The molecule has 2 aliphatic carbocycles. The van der Waals surface area contributed by atoms with Crippen LogP contribution in [-0.4, -0.2) is 164 Å². The second-order valence-electron chi connectivity index (χ2n) is 28.0. The number of carboxylic acids is 1. The Morgan fingerprint density at radius 3 is 1.08 bits per heavy atom. The van der Waals surface area contributed by atoms with Gasteiger partial charge in [0.05, 0.1) is 95.6 Å².